The van der Waals surface area contributed by atoms with Crippen molar-refractivity contribution in [2.75, 3.05) is 32.7 Å². The van der Waals surface area contributed by atoms with Gasteiger partial charge in [-0.1, -0.05) is 50.6 Å². The number of aliphatic hydroxyl groups excluding tert-OH is 1. The minimum atomic E-state index is -0.467. The average molecular weight is 304 g/mol. The van der Waals surface area contributed by atoms with E-state index in [9.17, 15) is 9.90 Å². The molecule has 2 rings (SSSR count). The van der Waals surface area contributed by atoms with E-state index < -0.39 is 6.10 Å². The molecule has 1 aromatic rings. The minimum absolute atomic E-state index is 0.214. The number of hydrogen-bond acceptors (Lipinski definition) is 3. The van der Waals surface area contributed by atoms with Crippen molar-refractivity contribution >= 4 is 5.91 Å². The summed E-state index contributed by atoms with van der Waals surface area (Å²) in [7, 11) is 0. The van der Waals surface area contributed by atoms with Crippen LogP contribution in [0.3, 0.4) is 0 Å². The van der Waals surface area contributed by atoms with Crippen molar-refractivity contribution < 1.29 is 9.90 Å². The highest BCUT2D eigenvalue weighted by Crippen LogP contribution is 2.20. The third-order valence-corrected chi connectivity index (χ3v) is 4.19. The van der Waals surface area contributed by atoms with Gasteiger partial charge >= 0.3 is 0 Å². The number of carbonyl (C=O) groups excluding carboxylic acids is 1. The smallest absolute Gasteiger partial charge is 0.228 e. The number of hydrogen-bond donors (Lipinski definition) is 1. The Bertz CT molecular complexity index is 497. The first-order chi connectivity index (χ1) is 10.3. The van der Waals surface area contributed by atoms with Gasteiger partial charge in [0.1, 0.15) is 0 Å². The highest BCUT2D eigenvalue weighted by molar-refractivity contribution is 5.81. The minimum Gasteiger partial charge on any atom is -0.387 e. The van der Waals surface area contributed by atoms with E-state index in [1.54, 1.807) is 0 Å². The molecular formula is C18H28N2O2. The van der Waals surface area contributed by atoms with Crippen molar-refractivity contribution in [3.8, 4) is 0 Å². The molecule has 0 aliphatic carbocycles. The molecule has 22 heavy (non-hydrogen) atoms. The van der Waals surface area contributed by atoms with Crippen molar-refractivity contribution in [2.45, 2.75) is 33.8 Å². The van der Waals surface area contributed by atoms with Crippen LogP contribution in [-0.2, 0) is 4.79 Å². The van der Waals surface area contributed by atoms with Crippen LogP contribution in [0.2, 0.25) is 0 Å². The number of nitrogens with zero attached hydrogens (tertiary/aromatic N) is 2. The van der Waals surface area contributed by atoms with Crippen LogP contribution in [0.4, 0.5) is 0 Å². The summed E-state index contributed by atoms with van der Waals surface area (Å²) in [6.07, 6.45) is -0.467. The Morgan fingerprint density at radius 3 is 2.18 bits per heavy atom. The highest BCUT2D eigenvalue weighted by atomic mass is 16.3. The third kappa shape index (κ3) is 4.31. The van der Waals surface area contributed by atoms with Crippen molar-refractivity contribution in [1.82, 2.24) is 9.80 Å². The second-order valence-electron chi connectivity index (χ2n) is 7.27. The van der Waals surface area contributed by atoms with Crippen LogP contribution < -0.4 is 0 Å². The van der Waals surface area contributed by atoms with Gasteiger partial charge in [-0.2, -0.15) is 0 Å². The zero-order valence-electron chi connectivity index (χ0n) is 14.2. The van der Waals surface area contributed by atoms with Gasteiger partial charge in [-0.15, -0.1) is 0 Å². The summed E-state index contributed by atoms with van der Waals surface area (Å²) in [4.78, 5) is 16.4. The van der Waals surface area contributed by atoms with Crippen molar-refractivity contribution in [3.63, 3.8) is 0 Å². The van der Waals surface area contributed by atoms with Gasteiger partial charge in [0.25, 0.3) is 0 Å². The van der Waals surface area contributed by atoms with Gasteiger partial charge in [0, 0.05) is 38.1 Å². The topological polar surface area (TPSA) is 43.8 Å². The van der Waals surface area contributed by atoms with Crippen LogP contribution in [0.1, 0.15) is 38.0 Å². The molecule has 1 fully saturated rings. The molecule has 1 atom stereocenters. The first-order valence-corrected chi connectivity index (χ1v) is 8.04. The molecule has 1 amide bonds. The SMILES string of the molecule is Cc1ccc(C(O)CN2CCN(C(=O)C(C)(C)C)CC2)cc1. The molecular weight excluding hydrogens is 276 g/mol. The first kappa shape index (κ1) is 17.0. The number of rotatable bonds is 3. The lowest BCUT2D eigenvalue weighted by Gasteiger charge is -2.38. The molecule has 0 saturated carbocycles. The van der Waals surface area contributed by atoms with Crippen LogP contribution in [0.25, 0.3) is 0 Å². The summed E-state index contributed by atoms with van der Waals surface area (Å²) in [5.74, 6) is 0.214. The van der Waals surface area contributed by atoms with Gasteiger partial charge in [0.2, 0.25) is 5.91 Å². The number of amides is 1. The van der Waals surface area contributed by atoms with Crippen LogP contribution in [0, 0.1) is 12.3 Å². The van der Waals surface area contributed by atoms with Gasteiger partial charge < -0.3 is 10.0 Å². The van der Waals surface area contributed by atoms with Crippen LogP contribution in [0.15, 0.2) is 24.3 Å². The molecule has 122 valence electrons. The van der Waals surface area contributed by atoms with E-state index in [1.165, 1.54) is 5.56 Å². The van der Waals surface area contributed by atoms with Gasteiger partial charge in [-0.25, -0.2) is 0 Å². The Morgan fingerprint density at radius 2 is 1.68 bits per heavy atom. The fraction of sp³-hybridized carbons (Fsp3) is 0.611. The van der Waals surface area contributed by atoms with Crippen LogP contribution in [-0.4, -0.2) is 53.5 Å². The van der Waals surface area contributed by atoms with E-state index >= 15 is 0 Å². The molecule has 1 heterocycles. The van der Waals surface area contributed by atoms with Crippen LogP contribution >= 0.6 is 0 Å². The fourth-order valence-electron chi connectivity index (χ4n) is 2.75. The normalized spacial score (nSPS) is 18.3. The fourth-order valence-corrected chi connectivity index (χ4v) is 2.75. The Balaban J connectivity index is 1.85. The molecule has 0 radical (unpaired) electrons. The van der Waals surface area contributed by atoms with E-state index in [4.69, 9.17) is 0 Å². The molecule has 4 nitrogen and oxygen atoms in total. The van der Waals surface area contributed by atoms with E-state index in [-0.39, 0.29) is 11.3 Å². The van der Waals surface area contributed by atoms with Gasteiger partial charge in [-0.3, -0.25) is 9.69 Å². The number of carbonyl (C=O) groups is 1. The summed E-state index contributed by atoms with van der Waals surface area (Å²) < 4.78 is 0. The standard InChI is InChI=1S/C18H28N2O2/c1-14-5-7-15(8-6-14)16(21)13-19-9-11-20(12-10-19)17(22)18(2,3)4/h5-8,16,21H,9-13H2,1-4H3. The lowest BCUT2D eigenvalue weighted by atomic mass is 9.94. The van der Waals surface area contributed by atoms with Gasteiger partial charge in [0.15, 0.2) is 0 Å². The predicted octanol–water partition coefficient (Wildman–Crippen LogP) is 2.22. The van der Waals surface area contributed by atoms with E-state index in [0.29, 0.717) is 6.54 Å². The Morgan fingerprint density at radius 1 is 1.14 bits per heavy atom. The maximum atomic E-state index is 12.3. The van der Waals surface area contributed by atoms with Gasteiger partial charge in [-0.05, 0) is 12.5 Å². The molecule has 4 heteroatoms. The second kappa shape index (κ2) is 6.80. The number of aliphatic hydroxyl groups is 1. The zero-order valence-corrected chi connectivity index (χ0v) is 14.2. The number of benzene rings is 1. The summed E-state index contributed by atoms with van der Waals surface area (Å²) >= 11 is 0. The summed E-state index contributed by atoms with van der Waals surface area (Å²) in [5.41, 5.74) is 1.84. The highest BCUT2D eigenvalue weighted by Gasteiger charge is 2.30. The molecule has 1 aliphatic heterocycles. The lowest BCUT2D eigenvalue weighted by molar-refractivity contribution is -0.141. The molecule has 1 saturated heterocycles. The molecule has 0 bridgehead atoms. The molecule has 1 aliphatic rings. The zero-order chi connectivity index (χ0) is 16.3. The lowest BCUT2D eigenvalue weighted by Crippen LogP contribution is -2.52. The summed E-state index contributed by atoms with van der Waals surface area (Å²) in [6, 6.07) is 8.02. The van der Waals surface area contributed by atoms with E-state index in [2.05, 4.69) is 4.90 Å². The number of β-amino-alcohol motifs (C(OH)–C–C–N with tert-alkyl or cyclic N) is 1. The molecule has 0 aromatic heterocycles. The molecule has 1 unspecified atom stereocenters. The third-order valence-electron chi connectivity index (χ3n) is 4.19. The van der Waals surface area contributed by atoms with Crippen molar-refractivity contribution in [3.05, 3.63) is 35.4 Å². The maximum absolute atomic E-state index is 12.3. The Labute approximate surface area is 133 Å². The molecule has 1 N–H and O–H groups in total. The van der Waals surface area contributed by atoms with Crippen molar-refractivity contribution in [1.29, 1.82) is 0 Å². The largest absolute Gasteiger partial charge is 0.387 e. The average Bonchev–Trinajstić information content (AvgIpc) is 2.47. The maximum Gasteiger partial charge on any atom is 0.228 e. The second-order valence-corrected chi connectivity index (χ2v) is 7.27. The molecule has 1 aromatic carbocycles. The van der Waals surface area contributed by atoms with Crippen molar-refractivity contribution in [2.24, 2.45) is 5.41 Å². The van der Waals surface area contributed by atoms with Crippen LogP contribution in [0.5, 0.6) is 0 Å². The van der Waals surface area contributed by atoms with Gasteiger partial charge in [0.05, 0.1) is 6.10 Å². The quantitative estimate of drug-likeness (QED) is 0.931. The summed E-state index contributed by atoms with van der Waals surface area (Å²) in [5, 5.41) is 10.3. The van der Waals surface area contributed by atoms with E-state index in [1.807, 2.05) is 56.9 Å². The van der Waals surface area contributed by atoms with E-state index in [0.717, 1.165) is 31.7 Å². The Kier molecular flexibility index (Phi) is 5.24. The monoisotopic (exact) mass is 304 g/mol. The summed E-state index contributed by atoms with van der Waals surface area (Å²) in [6.45, 7) is 11.7. The number of piperazine rings is 1. The predicted molar refractivity (Wildman–Crippen MR) is 88.6 cm³/mol. The molecule has 0 spiro atoms. The number of aryl methyl sites for hydroxylation is 1. The Hall–Kier alpha value is -1.39. The first-order valence-electron chi connectivity index (χ1n) is 8.04.